The minimum absolute atomic E-state index is 0.0109. The number of nitro benzene ring substituents is 1. The van der Waals surface area contributed by atoms with Gasteiger partial charge in [-0.3, -0.25) is 19.6 Å². The van der Waals surface area contributed by atoms with Gasteiger partial charge in [0.05, 0.1) is 36.4 Å². The molecular weight excluding hydrogens is 470 g/mol. The standard InChI is InChI=1S/C20H18BrN5O5/c1-30-16-8-5-14(18(9-16)31-2)10-22-23-20(27)19-17(21)12-25(24-19)11-13-3-6-15(7-4-13)26(28)29/h3-10,12H,11H2,1-2H3,(H,23,27). The van der Waals surface area contributed by atoms with E-state index in [0.717, 1.165) is 5.56 Å². The third-order valence-electron chi connectivity index (χ3n) is 4.23. The van der Waals surface area contributed by atoms with Crippen molar-refractivity contribution in [3.8, 4) is 11.5 Å². The van der Waals surface area contributed by atoms with Gasteiger partial charge in [0.25, 0.3) is 11.6 Å². The summed E-state index contributed by atoms with van der Waals surface area (Å²) in [5.41, 5.74) is 4.05. The molecule has 0 saturated carbocycles. The fourth-order valence-electron chi connectivity index (χ4n) is 2.68. The van der Waals surface area contributed by atoms with E-state index in [-0.39, 0.29) is 11.4 Å². The fourth-order valence-corrected chi connectivity index (χ4v) is 3.18. The van der Waals surface area contributed by atoms with E-state index in [2.05, 4.69) is 31.6 Å². The van der Waals surface area contributed by atoms with Crippen molar-refractivity contribution in [1.82, 2.24) is 15.2 Å². The Hall–Kier alpha value is -3.73. The maximum atomic E-state index is 12.4. The number of nitrogens with one attached hydrogen (secondary N) is 1. The van der Waals surface area contributed by atoms with E-state index in [1.54, 1.807) is 48.3 Å². The van der Waals surface area contributed by atoms with Gasteiger partial charge in [0.15, 0.2) is 5.69 Å². The van der Waals surface area contributed by atoms with Gasteiger partial charge in [-0.1, -0.05) is 12.1 Å². The molecule has 1 heterocycles. The van der Waals surface area contributed by atoms with E-state index >= 15 is 0 Å². The molecule has 1 aromatic heterocycles. The Kier molecular flexibility index (Phi) is 6.98. The second-order valence-corrected chi connectivity index (χ2v) is 7.11. The molecule has 1 amide bonds. The van der Waals surface area contributed by atoms with Crippen LogP contribution in [0, 0.1) is 10.1 Å². The smallest absolute Gasteiger partial charge is 0.293 e. The Balaban J connectivity index is 1.67. The van der Waals surface area contributed by atoms with Gasteiger partial charge < -0.3 is 9.47 Å². The molecule has 0 bridgehead atoms. The van der Waals surface area contributed by atoms with Crippen LogP contribution >= 0.6 is 15.9 Å². The average Bonchev–Trinajstić information content (AvgIpc) is 3.14. The summed E-state index contributed by atoms with van der Waals surface area (Å²) in [7, 11) is 3.08. The summed E-state index contributed by atoms with van der Waals surface area (Å²) in [5.74, 6) is 0.685. The molecule has 0 unspecified atom stereocenters. The molecule has 2 aromatic carbocycles. The number of nitrogens with zero attached hydrogens (tertiary/aromatic N) is 4. The Morgan fingerprint density at radius 3 is 2.65 bits per heavy atom. The second-order valence-electron chi connectivity index (χ2n) is 6.25. The van der Waals surface area contributed by atoms with Gasteiger partial charge in [-0.2, -0.15) is 10.2 Å². The third-order valence-corrected chi connectivity index (χ3v) is 4.81. The van der Waals surface area contributed by atoms with E-state index in [1.165, 1.54) is 25.5 Å². The Labute approximate surface area is 185 Å². The number of carbonyl (C=O) groups excluding carboxylic acids is 1. The van der Waals surface area contributed by atoms with Crippen LogP contribution in [0.3, 0.4) is 0 Å². The van der Waals surface area contributed by atoms with Crippen molar-refractivity contribution in [1.29, 1.82) is 0 Å². The number of hydrogen-bond donors (Lipinski definition) is 1. The van der Waals surface area contributed by atoms with E-state index < -0.39 is 10.8 Å². The van der Waals surface area contributed by atoms with E-state index in [1.807, 2.05) is 0 Å². The van der Waals surface area contributed by atoms with E-state index in [4.69, 9.17) is 9.47 Å². The zero-order valence-corrected chi connectivity index (χ0v) is 18.2. The molecule has 0 aliphatic carbocycles. The number of ether oxygens (including phenoxy) is 2. The lowest BCUT2D eigenvalue weighted by molar-refractivity contribution is -0.384. The molecule has 31 heavy (non-hydrogen) atoms. The number of non-ortho nitro benzene ring substituents is 1. The number of rotatable bonds is 8. The van der Waals surface area contributed by atoms with E-state index in [0.29, 0.717) is 28.1 Å². The van der Waals surface area contributed by atoms with E-state index in [9.17, 15) is 14.9 Å². The summed E-state index contributed by atoms with van der Waals surface area (Å²) >= 11 is 3.32. The van der Waals surface area contributed by atoms with Crippen LogP contribution in [0.25, 0.3) is 0 Å². The fraction of sp³-hybridized carbons (Fsp3) is 0.150. The first-order valence-corrected chi connectivity index (χ1v) is 9.72. The van der Waals surface area contributed by atoms with Crippen LogP contribution in [0.1, 0.15) is 21.6 Å². The Bertz CT molecular complexity index is 1130. The van der Waals surface area contributed by atoms with Crippen LogP contribution in [0.15, 0.2) is 58.2 Å². The predicted octanol–water partition coefficient (Wildman–Crippen LogP) is 3.38. The highest BCUT2D eigenvalue weighted by atomic mass is 79.9. The summed E-state index contributed by atoms with van der Waals surface area (Å²) < 4.78 is 12.5. The lowest BCUT2D eigenvalue weighted by Crippen LogP contribution is -2.19. The monoisotopic (exact) mass is 487 g/mol. The number of hydrazone groups is 1. The van der Waals surface area contributed by atoms with Crippen molar-refractivity contribution >= 4 is 33.7 Å². The first kappa shape index (κ1) is 22.0. The first-order valence-electron chi connectivity index (χ1n) is 8.93. The molecule has 0 aliphatic heterocycles. The van der Waals surface area contributed by atoms with Crippen LogP contribution in [-0.2, 0) is 6.54 Å². The summed E-state index contributed by atoms with van der Waals surface area (Å²) in [4.78, 5) is 22.7. The second kappa shape index (κ2) is 9.85. The zero-order valence-electron chi connectivity index (χ0n) is 16.6. The van der Waals surface area contributed by atoms with Gasteiger partial charge in [0.2, 0.25) is 0 Å². The lowest BCUT2D eigenvalue weighted by atomic mass is 10.2. The number of amides is 1. The van der Waals surface area contributed by atoms with Gasteiger partial charge in [-0.15, -0.1) is 0 Å². The molecule has 1 N–H and O–H groups in total. The minimum Gasteiger partial charge on any atom is -0.497 e. The van der Waals surface area contributed by atoms with Crippen molar-refractivity contribution in [2.45, 2.75) is 6.54 Å². The number of benzene rings is 2. The van der Waals surface area contributed by atoms with Crippen molar-refractivity contribution < 1.29 is 19.2 Å². The molecule has 10 nitrogen and oxygen atoms in total. The number of nitro groups is 1. The molecule has 160 valence electrons. The molecule has 0 radical (unpaired) electrons. The Morgan fingerprint density at radius 1 is 1.26 bits per heavy atom. The molecule has 3 rings (SSSR count). The topological polar surface area (TPSA) is 121 Å². The third kappa shape index (κ3) is 5.45. The first-order chi connectivity index (χ1) is 14.9. The molecule has 0 saturated heterocycles. The van der Waals surface area contributed by atoms with Crippen LogP contribution < -0.4 is 14.9 Å². The summed E-state index contributed by atoms with van der Waals surface area (Å²) in [6.07, 6.45) is 3.10. The number of aromatic nitrogens is 2. The number of hydrogen-bond acceptors (Lipinski definition) is 7. The number of halogens is 1. The maximum Gasteiger partial charge on any atom is 0.293 e. The van der Waals surface area contributed by atoms with Gasteiger partial charge in [0.1, 0.15) is 11.5 Å². The molecule has 0 spiro atoms. The highest BCUT2D eigenvalue weighted by Gasteiger charge is 2.15. The quantitative estimate of drug-likeness (QED) is 0.295. The zero-order chi connectivity index (χ0) is 22.4. The highest BCUT2D eigenvalue weighted by Crippen LogP contribution is 2.23. The van der Waals surface area contributed by atoms with Crippen molar-refractivity contribution in [2.75, 3.05) is 14.2 Å². The molecule has 3 aromatic rings. The van der Waals surface area contributed by atoms with Gasteiger partial charge in [-0.05, 0) is 33.6 Å². The molecule has 0 aliphatic rings. The van der Waals surface area contributed by atoms with Gasteiger partial charge in [-0.25, -0.2) is 5.43 Å². The van der Waals surface area contributed by atoms with Crippen molar-refractivity contribution in [3.05, 3.63) is 80.1 Å². The van der Waals surface area contributed by atoms with Crippen LogP contribution in [-0.4, -0.2) is 41.0 Å². The largest absolute Gasteiger partial charge is 0.497 e. The molecular formula is C20H18BrN5O5. The van der Waals surface area contributed by atoms with Gasteiger partial charge in [0, 0.05) is 30.0 Å². The molecule has 0 atom stereocenters. The lowest BCUT2D eigenvalue weighted by Gasteiger charge is -2.06. The van der Waals surface area contributed by atoms with Crippen molar-refractivity contribution in [2.24, 2.45) is 5.10 Å². The minimum atomic E-state index is -0.502. The Morgan fingerprint density at radius 2 is 2.00 bits per heavy atom. The van der Waals surface area contributed by atoms with Crippen LogP contribution in [0.5, 0.6) is 11.5 Å². The molecule has 11 heteroatoms. The summed E-state index contributed by atoms with van der Waals surface area (Å²) in [6.45, 7) is 0.343. The SMILES string of the molecule is COc1ccc(C=NNC(=O)c2nn(Cc3ccc([N+](=O)[O-])cc3)cc2Br)c(OC)c1. The van der Waals surface area contributed by atoms with Gasteiger partial charge >= 0.3 is 0 Å². The molecule has 0 fully saturated rings. The highest BCUT2D eigenvalue weighted by molar-refractivity contribution is 9.10. The van der Waals surface area contributed by atoms with Crippen LogP contribution in [0.4, 0.5) is 5.69 Å². The summed E-state index contributed by atoms with van der Waals surface area (Å²) in [6, 6.07) is 11.3. The average molecular weight is 488 g/mol. The number of carbonyl (C=O) groups is 1. The van der Waals surface area contributed by atoms with Crippen LogP contribution in [0.2, 0.25) is 0 Å². The maximum absolute atomic E-state index is 12.4. The summed E-state index contributed by atoms with van der Waals surface area (Å²) in [5, 5.41) is 19.0. The predicted molar refractivity (Wildman–Crippen MR) is 117 cm³/mol. The van der Waals surface area contributed by atoms with Crippen molar-refractivity contribution in [3.63, 3.8) is 0 Å². The normalized spacial score (nSPS) is 10.8. The number of methoxy groups -OCH3 is 2.